The number of hydrogen-bond acceptors (Lipinski definition) is 4. The van der Waals surface area contributed by atoms with Crippen molar-refractivity contribution in [1.29, 1.82) is 0 Å². The Balaban J connectivity index is 2.00. The first-order valence-electron chi connectivity index (χ1n) is 7.17. The molecule has 23 heavy (non-hydrogen) atoms. The molecule has 122 valence electrons. The predicted octanol–water partition coefficient (Wildman–Crippen LogP) is 2.73. The second-order valence-corrected chi connectivity index (χ2v) is 4.69. The summed E-state index contributed by atoms with van der Waals surface area (Å²) in [5.74, 6) is -0.169. The largest absolute Gasteiger partial charge is 0.490 e. The van der Waals surface area contributed by atoms with Crippen LogP contribution >= 0.6 is 0 Å². The van der Waals surface area contributed by atoms with Crippen LogP contribution in [0.2, 0.25) is 0 Å². The summed E-state index contributed by atoms with van der Waals surface area (Å²) >= 11 is 0. The van der Waals surface area contributed by atoms with Crippen LogP contribution in [0.25, 0.3) is 0 Å². The number of benzene rings is 2. The quantitative estimate of drug-likeness (QED) is 0.823. The highest BCUT2D eigenvalue weighted by molar-refractivity contribution is 5.92. The summed E-state index contributed by atoms with van der Waals surface area (Å²) in [5.41, 5.74) is 0.776. The summed E-state index contributed by atoms with van der Waals surface area (Å²) in [4.78, 5) is 11.8. The van der Waals surface area contributed by atoms with Crippen molar-refractivity contribution in [3.05, 3.63) is 53.8 Å². The van der Waals surface area contributed by atoms with Crippen molar-refractivity contribution in [1.82, 2.24) is 0 Å². The molecule has 0 saturated carbocycles. The Morgan fingerprint density at radius 2 is 1.96 bits per heavy atom. The van der Waals surface area contributed by atoms with Gasteiger partial charge in [-0.3, -0.25) is 4.79 Å². The molecule has 5 nitrogen and oxygen atoms in total. The molecule has 0 radical (unpaired) electrons. The lowest BCUT2D eigenvalue weighted by molar-refractivity contribution is -0.118. The zero-order chi connectivity index (χ0) is 16.7. The highest BCUT2D eigenvalue weighted by Crippen LogP contribution is 2.28. The van der Waals surface area contributed by atoms with E-state index < -0.39 is 11.7 Å². The van der Waals surface area contributed by atoms with Gasteiger partial charge in [-0.2, -0.15) is 0 Å². The number of aliphatic hydroxyl groups excluding tert-OH is 1. The van der Waals surface area contributed by atoms with Gasteiger partial charge in [0.25, 0.3) is 5.91 Å². The maximum Gasteiger partial charge on any atom is 0.262 e. The molecule has 0 unspecified atom stereocenters. The van der Waals surface area contributed by atoms with E-state index in [1.165, 1.54) is 12.1 Å². The summed E-state index contributed by atoms with van der Waals surface area (Å²) in [7, 11) is 0. The summed E-state index contributed by atoms with van der Waals surface area (Å²) in [5, 5.41) is 11.6. The normalized spacial score (nSPS) is 10.2. The third-order valence-electron chi connectivity index (χ3n) is 3.00. The minimum Gasteiger partial charge on any atom is -0.490 e. The average Bonchev–Trinajstić information content (AvgIpc) is 2.56. The highest BCUT2D eigenvalue weighted by Gasteiger charge is 2.10. The fraction of sp³-hybridized carbons (Fsp3) is 0.235. The maximum atomic E-state index is 13.5. The van der Waals surface area contributed by atoms with Crippen LogP contribution < -0.4 is 14.8 Å². The molecule has 2 N–H and O–H groups in total. The van der Waals surface area contributed by atoms with E-state index in [0.29, 0.717) is 23.7 Å². The van der Waals surface area contributed by atoms with Crippen LogP contribution in [0, 0.1) is 5.82 Å². The Morgan fingerprint density at radius 3 is 2.65 bits per heavy atom. The lowest BCUT2D eigenvalue weighted by atomic mass is 10.2. The van der Waals surface area contributed by atoms with E-state index >= 15 is 0 Å². The van der Waals surface area contributed by atoms with Gasteiger partial charge in [0.15, 0.2) is 18.1 Å². The van der Waals surface area contributed by atoms with E-state index in [9.17, 15) is 9.18 Å². The SMILES string of the molecule is CCOc1cc(CO)ccc1OCC(=O)Nc1ccccc1F. The van der Waals surface area contributed by atoms with Gasteiger partial charge < -0.3 is 19.9 Å². The van der Waals surface area contributed by atoms with Crippen molar-refractivity contribution in [3.63, 3.8) is 0 Å². The summed E-state index contributed by atoms with van der Waals surface area (Å²) in [6.07, 6.45) is 0. The van der Waals surface area contributed by atoms with Crippen molar-refractivity contribution in [2.24, 2.45) is 0 Å². The molecule has 0 fully saturated rings. The van der Waals surface area contributed by atoms with Crippen LogP contribution in [0.15, 0.2) is 42.5 Å². The Bertz CT molecular complexity index is 675. The van der Waals surface area contributed by atoms with Crippen LogP contribution in [0.1, 0.15) is 12.5 Å². The van der Waals surface area contributed by atoms with Gasteiger partial charge in [0.05, 0.1) is 18.9 Å². The topological polar surface area (TPSA) is 67.8 Å². The van der Waals surface area contributed by atoms with Crippen molar-refractivity contribution in [2.75, 3.05) is 18.5 Å². The molecule has 0 aliphatic rings. The van der Waals surface area contributed by atoms with E-state index in [2.05, 4.69) is 5.32 Å². The number of rotatable bonds is 7. The summed E-state index contributed by atoms with van der Waals surface area (Å²) < 4.78 is 24.3. The van der Waals surface area contributed by atoms with Gasteiger partial charge in [-0.15, -0.1) is 0 Å². The number of nitrogens with one attached hydrogen (secondary N) is 1. The maximum absolute atomic E-state index is 13.5. The predicted molar refractivity (Wildman–Crippen MR) is 84.1 cm³/mol. The fourth-order valence-corrected chi connectivity index (χ4v) is 1.93. The number of ether oxygens (including phenoxy) is 2. The van der Waals surface area contributed by atoms with Crippen molar-refractivity contribution in [3.8, 4) is 11.5 Å². The minimum absolute atomic E-state index is 0.0989. The third kappa shape index (κ3) is 4.69. The molecule has 2 aromatic rings. The number of carbonyl (C=O) groups excluding carboxylic acids is 1. The lowest BCUT2D eigenvalue weighted by Crippen LogP contribution is -2.21. The Labute approximate surface area is 133 Å². The van der Waals surface area contributed by atoms with Gasteiger partial charge in [-0.05, 0) is 36.8 Å². The molecule has 0 saturated heterocycles. The van der Waals surface area contributed by atoms with Gasteiger partial charge >= 0.3 is 0 Å². The van der Waals surface area contributed by atoms with Crippen molar-refractivity contribution in [2.45, 2.75) is 13.5 Å². The van der Waals surface area contributed by atoms with E-state index in [4.69, 9.17) is 14.6 Å². The Kier molecular flexibility index (Phi) is 5.94. The first-order valence-corrected chi connectivity index (χ1v) is 7.17. The van der Waals surface area contributed by atoms with E-state index in [1.54, 1.807) is 30.3 Å². The number of para-hydroxylation sites is 1. The van der Waals surface area contributed by atoms with Crippen LogP contribution in [0.5, 0.6) is 11.5 Å². The molecule has 6 heteroatoms. The van der Waals surface area contributed by atoms with Crippen LogP contribution in [0.4, 0.5) is 10.1 Å². The first kappa shape index (κ1) is 16.8. The second kappa shape index (κ2) is 8.14. The Morgan fingerprint density at radius 1 is 1.17 bits per heavy atom. The van der Waals surface area contributed by atoms with Gasteiger partial charge in [0.1, 0.15) is 5.82 Å². The summed E-state index contributed by atoms with van der Waals surface area (Å²) in [6, 6.07) is 10.8. The standard InChI is InChI=1S/C17H18FNO4/c1-2-22-16-9-12(10-20)7-8-15(16)23-11-17(21)19-14-6-4-3-5-13(14)18/h3-9,20H,2,10-11H2,1H3,(H,19,21). The molecule has 0 atom stereocenters. The van der Waals surface area contributed by atoms with Crippen LogP contribution in [0.3, 0.4) is 0 Å². The molecule has 0 aliphatic heterocycles. The van der Waals surface area contributed by atoms with E-state index in [0.717, 1.165) is 0 Å². The molecular formula is C17H18FNO4. The molecule has 0 spiro atoms. The van der Waals surface area contributed by atoms with Gasteiger partial charge in [0.2, 0.25) is 0 Å². The molecule has 0 heterocycles. The van der Waals surface area contributed by atoms with E-state index in [1.807, 2.05) is 6.92 Å². The van der Waals surface area contributed by atoms with Crippen molar-refractivity contribution >= 4 is 11.6 Å². The highest BCUT2D eigenvalue weighted by atomic mass is 19.1. The number of hydrogen-bond donors (Lipinski definition) is 2. The first-order chi connectivity index (χ1) is 11.1. The number of carbonyl (C=O) groups is 1. The van der Waals surface area contributed by atoms with Gasteiger partial charge in [-0.1, -0.05) is 18.2 Å². The molecule has 2 aromatic carbocycles. The zero-order valence-corrected chi connectivity index (χ0v) is 12.7. The average molecular weight is 319 g/mol. The fourth-order valence-electron chi connectivity index (χ4n) is 1.93. The van der Waals surface area contributed by atoms with Crippen molar-refractivity contribution < 1.29 is 23.8 Å². The number of amides is 1. The number of aliphatic hydroxyl groups is 1. The molecule has 2 rings (SSSR count). The molecular weight excluding hydrogens is 301 g/mol. The number of anilines is 1. The summed E-state index contributed by atoms with van der Waals surface area (Å²) in [6.45, 7) is 1.84. The zero-order valence-electron chi connectivity index (χ0n) is 12.7. The van der Waals surface area contributed by atoms with E-state index in [-0.39, 0.29) is 18.9 Å². The monoisotopic (exact) mass is 319 g/mol. The Hall–Kier alpha value is -2.60. The van der Waals surface area contributed by atoms with Gasteiger partial charge in [-0.25, -0.2) is 4.39 Å². The second-order valence-electron chi connectivity index (χ2n) is 4.69. The molecule has 1 amide bonds. The molecule has 0 bridgehead atoms. The van der Waals surface area contributed by atoms with Crippen LogP contribution in [-0.2, 0) is 11.4 Å². The van der Waals surface area contributed by atoms with Crippen LogP contribution in [-0.4, -0.2) is 24.2 Å². The smallest absolute Gasteiger partial charge is 0.262 e. The molecule has 0 aromatic heterocycles. The number of halogens is 1. The minimum atomic E-state index is -0.511. The van der Waals surface area contributed by atoms with Gasteiger partial charge in [0, 0.05) is 0 Å². The third-order valence-corrected chi connectivity index (χ3v) is 3.00. The lowest BCUT2D eigenvalue weighted by Gasteiger charge is -2.13. The molecule has 0 aliphatic carbocycles.